The Balaban J connectivity index is 0.977. The molecule has 324 valence electrons. The van der Waals surface area contributed by atoms with Crippen molar-refractivity contribution in [3.63, 3.8) is 0 Å². The van der Waals surface area contributed by atoms with Crippen molar-refractivity contribution < 1.29 is 0 Å². The summed E-state index contributed by atoms with van der Waals surface area (Å²) in [5.74, 6) is 0. The zero-order valence-electron chi connectivity index (χ0n) is 38.4. The summed E-state index contributed by atoms with van der Waals surface area (Å²) in [5.41, 5.74) is 19.4. The second-order valence-electron chi connectivity index (χ2n) is 20.0. The van der Waals surface area contributed by atoms with Gasteiger partial charge in [-0.25, -0.2) is 0 Å². The van der Waals surface area contributed by atoms with Crippen LogP contribution < -0.4 is 5.73 Å². The van der Waals surface area contributed by atoms with Crippen LogP contribution in [0.25, 0.3) is 120 Å². The molecule has 0 unspecified atom stereocenters. The average Bonchev–Trinajstić information content (AvgIpc) is 3.89. The van der Waals surface area contributed by atoms with Crippen LogP contribution in [0.3, 0.4) is 0 Å². The van der Waals surface area contributed by atoms with E-state index in [1.54, 1.807) is 0 Å². The number of hydrogen-bond donors (Lipinski definition) is 1. The minimum Gasteiger partial charge on any atom is -0.399 e. The smallest absolute Gasteiger partial charge is 0.0314 e. The van der Waals surface area contributed by atoms with Crippen LogP contribution in [0.2, 0.25) is 0 Å². The normalized spacial score (nSPS) is 12.6. The van der Waals surface area contributed by atoms with Gasteiger partial charge >= 0.3 is 0 Å². The molecule has 2 aliphatic rings. The highest BCUT2D eigenvalue weighted by molar-refractivity contribution is 14.1. The van der Waals surface area contributed by atoms with Gasteiger partial charge in [0.25, 0.3) is 0 Å². The summed E-state index contributed by atoms with van der Waals surface area (Å²) in [6.07, 6.45) is 0. The molecule has 0 aliphatic heterocycles. The summed E-state index contributed by atoms with van der Waals surface area (Å²) in [7, 11) is 0. The van der Waals surface area contributed by atoms with E-state index in [2.05, 4.69) is 218 Å². The molecule has 14 aromatic rings. The van der Waals surface area contributed by atoms with Crippen LogP contribution in [-0.2, 0) is 0 Å². The fourth-order valence-electron chi connectivity index (χ4n) is 13.0. The van der Waals surface area contributed by atoms with Gasteiger partial charge < -0.3 is 5.73 Å². The minimum absolute atomic E-state index is 0.773. The van der Waals surface area contributed by atoms with E-state index in [-0.39, 0.29) is 0 Å². The van der Waals surface area contributed by atoms with Crippen molar-refractivity contribution >= 4 is 104 Å². The Bertz CT molecular complexity index is 4460. The maximum atomic E-state index is 6.22. The summed E-state index contributed by atoms with van der Waals surface area (Å²) in [4.78, 5) is 0. The van der Waals surface area contributed by atoms with E-state index in [0.717, 1.165) is 5.69 Å². The van der Waals surface area contributed by atoms with Gasteiger partial charge in [-0.1, -0.05) is 157 Å². The molecule has 16 rings (SSSR count). The van der Waals surface area contributed by atoms with Crippen molar-refractivity contribution in [1.82, 2.24) is 0 Å². The third kappa shape index (κ3) is 5.11. The Morgan fingerprint density at radius 1 is 0.257 bits per heavy atom. The van der Waals surface area contributed by atoms with Crippen molar-refractivity contribution in [2.75, 3.05) is 5.73 Å². The van der Waals surface area contributed by atoms with E-state index in [9.17, 15) is 0 Å². The lowest BCUT2D eigenvalue weighted by Crippen LogP contribution is -1.92. The number of anilines is 1. The lowest BCUT2D eigenvalue weighted by Gasteiger charge is -2.19. The van der Waals surface area contributed by atoms with Crippen molar-refractivity contribution in [3.8, 4) is 44.5 Å². The fraction of sp³-hybridized carbons (Fsp3) is 0.0294. The SMILES string of the molecule is Cc1ccc(-c2cc3c(cc2-c2ccc(N)cc2)=c2ccc4c5ccc6c7ccc8c9c(ccc(c%10ccc(c%11ccc=3c2c4%11)c5c6%10)c97)=c2cc(-c3ccc(I)cc3)c(-c3ccc(C)cc3)cc2=8)cc1. The molecule has 0 saturated carbocycles. The van der Waals surface area contributed by atoms with Crippen molar-refractivity contribution in [3.05, 3.63) is 251 Å². The molecule has 2 aliphatic carbocycles. The van der Waals surface area contributed by atoms with Gasteiger partial charge in [0.2, 0.25) is 0 Å². The van der Waals surface area contributed by atoms with E-state index in [0.29, 0.717) is 0 Å². The van der Waals surface area contributed by atoms with E-state index >= 15 is 0 Å². The van der Waals surface area contributed by atoms with Gasteiger partial charge in [-0.15, -0.1) is 0 Å². The highest BCUT2D eigenvalue weighted by Gasteiger charge is 2.23. The molecule has 0 heterocycles. The van der Waals surface area contributed by atoms with E-state index in [1.165, 1.54) is 176 Å². The zero-order chi connectivity index (χ0) is 46.3. The van der Waals surface area contributed by atoms with Gasteiger partial charge in [-0.05, 0) is 247 Å². The Morgan fingerprint density at radius 3 is 0.800 bits per heavy atom. The molecular formula is C68H40IN. The first-order valence-electron chi connectivity index (χ1n) is 24.3. The average molecular weight is 998 g/mol. The van der Waals surface area contributed by atoms with Crippen LogP contribution in [0.15, 0.2) is 194 Å². The number of benzene rings is 14. The Morgan fingerprint density at radius 2 is 0.500 bits per heavy atom. The molecule has 70 heavy (non-hydrogen) atoms. The zero-order valence-corrected chi connectivity index (χ0v) is 40.6. The number of nitrogens with two attached hydrogens (primary N) is 1. The van der Waals surface area contributed by atoms with E-state index < -0.39 is 0 Å². The molecule has 0 atom stereocenters. The lowest BCUT2D eigenvalue weighted by atomic mass is 9.83. The van der Waals surface area contributed by atoms with Crippen molar-refractivity contribution in [2.45, 2.75) is 13.8 Å². The molecule has 0 bridgehead atoms. The van der Waals surface area contributed by atoms with Gasteiger partial charge in [0, 0.05) is 9.26 Å². The number of aryl methyl sites for hydroxylation is 2. The molecule has 0 amide bonds. The number of fused-ring (bicyclic) bond motifs is 6. The predicted octanol–water partition coefficient (Wildman–Crippen LogP) is 17.9. The number of halogens is 1. The van der Waals surface area contributed by atoms with E-state index in [1.807, 2.05) is 12.1 Å². The monoisotopic (exact) mass is 997 g/mol. The standard InChI is InChI=1S/C68H40IN/c1-35-3-7-37(8-4-35)55-31-59-51-27-23-47-43-19-22-46-50-26-30-54-62-34-58(40-13-17-42(70)18-14-40)56(38-9-5-36(2)6-10-38)32-60(62)52-28-24-48(66(50)68(52)54)44-20-21-45(63(43)64(44)46)49-25-29-53(67(51)65(47)49)61(59)33-57(55)39-11-15-41(69)16-12-39/h3-34H,70H2,1-2H3. The summed E-state index contributed by atoms with van der Waals surface area (Å²) >= 11 is 2.41. The first-order valence-corrected chi connectivity index (χ1v) is 25.4. The van der Waals surface area contributed by atoms with Crippen LogP contribution in [0.1, 0.15) is 11.1 Å². The van der Waals surface area contributed by atoms with Crippen LogP contribution >= 0.6 is 22.6 Å². The molecule has 1 nitrogen and oxygen atoms in total. The lowest BCUT2D eigenvalue weighted by molar-refractivity contribution is 1.44. The maximum absolute atomic E-state index is 6.22. The topological polar surface area (TPSA) is 26.0 Å². The number of rotatable bonds is 4. The first kappa shape index (κ1) is 38.9. The summed E-state index contributed by atoms with van der Waals surface area (Å²) < 4.78 is 1.24. The molecule has 0 spiro atoms. The van der Waals surface area contributed by atoms with Crippen LogP contribution in [-0.4, -0.2) is 0 Å². The largest absolute Gasteiger partial charge is 0.399 e. The molecular weight excluding hydrogens is 958 g/mol. The summed E-state index contributed by atoms with van der Waals surface area (Å²) in [6, 6.07) is 74.2. The van der Waals surface area contributed by atoms with Crippen molar-refractivity contribution in [2.24, 2.45) is 0 Å². The molecule has 0 aromatic heterocycles. The summed E-state index contributed by atoms with van der Waals surface area (Å²) in [6.45, 7) is 4.32. The second-order valence-corrected chi connectivity index (χ2v) is 21.2. The van der Waals surface area contributed by atoms with Crippen LogP contribution in [0.4, 0.5) is 5.69 Å². The van der Waals surface area contributed by atoms with Crippen LogP contribution in [0.5, 0.6) is 0 Å². The molecule has 2 N–H and O–H groups in total. The maximum Gasteiger partial charge on any atom is 0.0314 e. The van der Waals surface area contributed by atoms with Gasteiger partial charge in [0.05, 0.1) is 0 Å². The Kier molecular flexibility index (Phi) is 7.67. The highest BCUT2D eigenvalue weighted by atomic mass is 127. The Labute approximate surface area is 415 Å². The van der Waals surface area contributed by atoms with Crippen LogP contribution in [0, 0.1) is 59.2 Å². The summed E-state index contributed by atoms with van der Waals surface area (Å²) in [5, 5.41) is 29.3. The minimum atomic E-state index is 0.773. The number of nitrogen functional groups attached to an aromatic ring is 1. The highest BCUT2D eigenvalue weighted by Crippen LogP contribution is 2.49. The van der Waals surface area contributed by atoms with Gasteiger partial charge in [-0.3, -0.25) is 0 Å². The quantitative estimate of drug-likeness (QED) is 0.0809. The third-order valence-corrected chi connectivity index (χ3v) is 16.9. The number of hydrogen-bond acceptors (Lipinski definition) is 1. The Hall–Kier alpha value is -8.05. The molecule has 14 aromatic carbocycles. The fourth-order valence-corrected chi connectivity index (χ4v) is 13.3. The van der Waals surface area contributed by atoms with E-state index in [4.69, 9.17) is 5.73 Å². The van der Waals surface area contributed by atoms with Gasteiger partial charge in [0.1, 0.15) is 0 Å². The first-order chi connectivity index (χ1) is 34.3. The van der Waals surface area contributed by atoms with Crippen molar-refractivity contribution in [1.29, 1.82) is 0 Å². The molecule has 0 fully saturated rings. The molecule has 0 radical (unpaired) electrons. The second kappa shape index (κ2) is 13.8. The predicted molar refractivity (Wildman–Crippen MR) is 303 cm³/mol. The van der Waals surface area contributed by atoms with Gasteiger partial charge in [0.15, 0.2) is 0 Å². The molecule has 0 saturated heterocycles. The third-order valence-electron chi connectivity index (χ3n) is 16.2. The van der Waals surface area contributed by atoms with Gasteiger partial charge in [-0.2, -0.15) is 0 Å². The molecule has 2 heteroatoms.